The van der Waals surface area contributed by atoms with Crippen LogP contribution in [0, 0.1) is 17.8 Å². The molecule has 2 heteroatoms. The van der Waals surface area contributed by atoms with Crippen LogP contribution in [0.2, 0.25) is 0 Å². The molecule has 0 radical (unpaired) electrons. The summed E-state index contributed by atoms with van der Waals surface area (Å²) in [6.45, 7) is 0. The third-order valence-electron chi connectivity index (χ3n) is 11.5. The van der Waals surface area contributed by atoms with E-state index in [2.05, 4.69) is 95.9 Å². The third-order valence-corrected chi connectivity index (χ3v) is 11.5. The van der Waals surface area contributed by atoms with Crippen molar-refractivity contribution in [3.8, 4) is 0 Å². The molecule has 5 aliphatic rings. The van der Waals surface area contributed by atoms with E-state index in [0.717, 1.165) is 34.8 Å². The van der Waals surface area contributed by atoms with Gasteiger partial charge < -0.3 is 9.32 Å². The topological polar surface area (TPSA) is 16.4 Å². The fourth-order valence-corrected chi connectivity index (χ4v) is 9.84. The molecule has 2 nitrogen and oxygen atoms in total. The van der Waals surface area contributed by atoms with Crippen LogP contribution in [0.15, 0.2) is 95.4 Å². The Morgan fingerprint density at radius 3 is 2.02 bits per heavy atom. The van der Waals surface area contributed by atoms with Gasteiger partial charge in [0.25, 0.3) is 0 Å². The average Bonchev–Trinajstić information content (AvgIpc) is 3.61. The fourth-order valence-electron chi connectivity index (χ4n) is 9.84. The summed E-state index contributed by atoms with van der Waals surface area (Å²) < 4.78 is 6.19. The Bertz CT molecular complexity index is 1710. The Balaban J connectivity index is 1.13. The summed E-state index contributed by atoms with van der Waals surface area (Å²) in [5, 5.41) is 2.36. The summed E-state index contributed by atoms with van der Waals surface area (Å²) >= 11 is 0. The van der Waals surface area contributed by atoms with Crippen molar-refractivity contribution >= 4 is 39.0 Å². The highest BCUT2D eigenvalue weighted by Crippen LogP contribution is 2.66. The van der Waals surface area contributed by atoms with Crippen LogP contribution in [0.4, 0.5) is 17.1 Å². The van der Waals surface area contributed by atoms with Gasteiger partial charge in [-0.05, 0) is 134 Å². The van der Waals surface area contributed by atoms with E-state index in [1.165, 1.54) is 97.6 Å². The van der Waals surface area contributed by atoms with Gasteiger partial charge in [-0.1, -0.05) is 61.7 Å². The molecule has 0 N–H and O–H groups in total. The molecule has 2 atom stereocenters. The summed E-state index contributed by atoms with van der Waals surface area (Å²) in [7, 11) is 0. The van der Waals surface area contributed by atoms with E-state index >= 15 is 0 Å². The predicted molar refractivity (Wildman–Crippen MR) is 169 cm³/mol. The molecule has 10 rings (SSSR count). The zero-order valence-electron chi connectivity index (χ0n) is 23.9. The largest absolute Gasteiger partial charge is 0.456 e. The first-order chi connectivity index (χ1) is 20.2. The maximum absolute atomic E-state index is 6.19. The Morgan fingerprint density at radius 2 is 1.27 bits per heavy atom. The molecule has 1 aromatic heterocycles. The van der Waals surface area contributed by atoms with E-state index in [1.54, 1.807) is 5.56 Å². The van der Waals surface area contributed by atoms with Gasteiger partial charge in [0, 0.05) is 27.8 Å². The number of fused-ring (bicyclic) bond motifs is 3. The molecule has 0 aliphatic heterocycles. The van der Waals surface area contributed by atoms with Gasteiger partial charge in [-0.25, -0.2) is 0 Å². The summed E-state index contributed by atoms with van der Waals surface area (Å²) in [6, 6.07) is 34.3. The number of nitrogens with zero attached hydrogens (tertiary/aromatic N) is 1. The maximum Gasteiger partial charge on any atom is 0.135 e. The molecule has 0 spiro atoms. The molecule has 0 amide bonds. The molecular formula is C39H39NO. The molecule has 4 aromatic carbocycles. The van der Waals surface area contributed by atoms with E-state index in [-0.39, 0.29) is 0 Å². The quantitative estimate of drug-likeness (QED) is 0.222. The van der Waals surface area contributed by atoms with Gasteiger partial charge in [-0.2, -0.15) is 0 Å². The highest BCUT2D eigenvalue weighted by atomic mass is 16.3. The first kappa shape index (κ1) is 24.1. The van der Waals surface area contributed by atoms with Crippen molar-refractivity contribution in [3.05, 3.63) is 102 Å². The molecule has 5 saturated carbocycles. The van der Waals surface area contributed by atoms with Gasteiger partial charge >= 0.3 is 0 Å². The number of furan rings is 1. The number of hydrogen-bond acceptors (Lipinski definition) is 2. The molecule has 2 unspecified atom stereocenters. The Labute approximate surface area is 243 Å². The van der Waals surface area contributed by atoms with Gasteiger partial charge in [-0.3, -0.25) is 0 Å². The van der Waals surface area contributed by atoms with Gasteiger partial charge in [0.2, 0.25) is 0 Å². The van der Waals surface area contributed by atoms with Crippen LogP contribution in [-0.4, -0.2) is 0 Å². The van der Waals surface area contributed by atoms with E-state index in [4.69, 9.17) is 4.42 Å². The van der Waals surface area contributed by atoms with Crippen molar-refractivity contribution in [2.24, 2.45) is 17.8 Å². The summed E-state index contributed by atoms with van der Waals surface area (Å²) in [5.74, 6) is 3.58. The highest BCUT2D eigenvalue weighted by molar-refractivity contribution is 6.06. The number of anilines is 3. The summed E-state index contributed by atoms with van der Waals surface area (Å²) in [4.78, 5) is 2.45. The average molecular weight is 538 g/mol. The Hall–Kier alpha value is -3.52. The lowest BCUT2D eigenvalue weighted by molar-refractivity contribution is 0.266. The standard InChI is InChI=1S/C39H39NO/c1-2-6-28(7-3-1)29-10-14-32(15-11-29)40(34-18-19-38-36(23-34)35-8-4-5-9-37(35)41-38)33-16-12-30(13-17-33)39-24-26-20-27(25-39)22-31(39)21-26/h4-5,8-19,23,26-28,31H,1-3,6-7,20-22,24-25H2. The molecule has 206 valence electrons. The molecule has 0 saturated heterocycles. The minimum atomic E-state index is 0.452. The van der Waals surface area contributed by atoms with Crippen molar-refractivity contribution in [1.29, 1.82) is 0 Å². The maximum atomic E-state index is 6.19. The molecular weight excluding hydrogens is 498 g/mol. The number of hydrogen-bond donors (Lipinski definition) is 0. The second kappa shape index (κ2) is 9.24. The van der Waals surface area contributed by atoms with Crippen LogP contribution in [0.1, 0.15) is 81.3 Å². The van der Waals surface area contributed by atoms with E-state index in [9.17, 15) is 0 Å². The molecule has 1 heterocycles. The number of rotatable bonds is 5. The van der Waals surface area contributed by atoms with Crippen LogP contribution in [0.3, 0.4) is 0 Å². The zero-order valence-corrected chi connectivity index (χ0v) is 23.9. The third kappa shape index (κ3) is 3.83. The summed E-state index contributed by atoms with van der Waals surface area (Å²) in [6.07, 6.45) is 14.1. The molecule has 5 aliphatic carbocycles. The van der Waals surface area contributed by atoms with E-state index < -0.39 is 0 Å². The normalized spacial score (nSPS) is 27.3. The highest BCUT2D eigenvalue weighted by Gasteiger charge is 2.58. The van der Waals surface area contributed by atoms with Gasteiger partial charge in [-0.15, -0.1) is 0 Å². The summed E-state index contributed by atoms with van der Waals surface area (Å²) in [5.41, 5.74) is 9.10. The van der Waals surface area contributed by atoms with Crippen LogP contribution in [-0.2, 0) is 5.41 Å². The smallest absolute Gasteiger partial charge is 0.135 e. The first-order valence-electron chi connectivity index (χ1n) is 16.2. The first-order valence-corrected chi connectivity index (χ1v) is 16.2. The second-order valence-electron chi connectivity index (χ2n) is 13.8. The minimum absolute atomic E-state index is 0.452. The zero-order chi connectivity index (χ0) is 27.0. The van der Waals surface area contributed by atoms with Crippen LogP contribution < -0.4 is 4.90 Å². The predicted octanol–water partition coefficient (Wildman–Crippen LogP) is 11.2. The monoisotopic (exact) mass is 537 g/mol. The Kier molecular flexibility index (Phi) is 5.44. The van der Waals surface area contributed by atoms with Crippen molar-refractivity contribution in [3.63, 3.8) is 0 Å². The molecule has 41 heavy (non-hydrogen) atoms. The van der Waals surface area contributed by atoms with E-state index in [1.807, 2.05) is 0 Å². The van der Waals surface area contributed by atoms with Crippen molar-refractivity contribution in [2.75, 3.05) is 4.90 Å². The van der Waals surface area contributed by atoms with Gasteiger partial charge in [0.05, 0.1) is 0 Å². The van der Waals surface area contributed by atoms with Crippen molar-refractivity contribution < 1.29 is 4.42 Å². The number of benzene rings is 4. The lowest BCUT2D eigenvalue weighted by Gasteiger charge is -2.34. The second-order valence-corrected chi connectivity index (χ2v) is 13.8. The minimum Gasteiger partial charge on any atom is -0.456 e. The lowest BCUT2D eigenvalue weighted by Crippen LogP contribution is -2.27. The fraction of sp³-hybridized carbons (Fsp3) is 0.385. The van der Waals surface area contributed by atoms with E-state index in [0.29, 0.717) is 5.41 Å². The Morgan fingerprint density at radius 1 is 0.610 bits per heavy atom. The van der Waals surface area contributed by atoms with Crippen molar-refractivity contribution in [2.45, 2.75) is 75.5 Å². The van der Waals surface area contributed by atoms with Crippen LogP contribution in [0.5, 0.6) is 0 Å². The SMILES string of the molecule is c1ccc2c(c1)oc1ccc(N(c3ccc(C4CCCCC4)cc3)c3ccc(C45CC6CC(CC4C6)C5)cc3)cc12. The molecule has 4 bridgehead atoms. The molecule has 5 aromatic rings. The van der Waals surface area contributed by atoms with Gasteiger partial charge in [0.15, 0.2) is 0 Å². The molecule has 5 fully saturated rings. The lowest BCUT2D eigenvalue weighted by atomic mass is 9.71. The van der Waals surface area contributed by atoms with Crippen LogP contribution >= 0.6 is 0 Å². The van der Waals surface area contributed by atoms with Crippen LogP contribution in [0.25, 0.3) is 21.9 Å². The van der Waals surface area contributed by atoms with Gasteiger partial charge in [0.1, 0.15) is 11.2 Å². The van der Waals surface area contributed by atoms with Crippen molar-refractivity contribution in [1.82, 2.24) is 0 Å². The number of para-hydroxylation sites is 1.